The van der Waals surface area contributed by atoms with Crippen molar-refractivity contribution in [3.8, 4) is 11.5 Å². The molecule has 6 nitrogen and oxygen atoms in total. The van der Waals surface area contributed by atoms with E-state index in [0.29, 0.717) is 23.0 Å². The molecule has 1 saturated heterocycles. The topological polar surface area (TPSA) is 59.1 Å². The van der Waals surface area contributed by atoms with Crippen molar-refractivity contribution in [2.45, 2.75) is 31.7 Å². The van der Waals surface area contributed by atoms with Gasteiger partial charge in [-0.25, -0.2) is 0 Å². The Balaban J connectivity index is 1.87. The molecule has 0 bridgehead atoms. The van der Waals surface area contributed by atoms with Crippen LogP contribution in [0.2, 0.25) is 0 Å². The summed E-state index contributed by atoms with van der Waals surface area (Å²) < 4.78 is 10.9. The van der Waals surface area contributed by atoms with E-state index in [9.17, 15) is 9.59 Å². The number of ether oxygens (including phenoxy) is 2. The van der Waals surface area contributed by atoms with Crippen LogP contribution in [0.3, 0.4) is 0 Å². The van der Waals surface area contributed by atoms with Gasteiger partial charge in [0.1, 0.15) is 0 Å². The molecule has 4 rings (SSSR count). The average molecular weight is 429 g/mol. The molecule has 30 heavy (non-hydrogen) atoms. The minimum absolute atomic E-state index is 0.0766. The van der Waals surface area contributed by atoms with Crippen molar-refractivity contribution in [3.63, 3.8) is 0 Å². The summed E-state index contributed by atoms with van der Waals surface area (Å²) >= 11 is 1.58. The second-order valence-electron chi connectivity index (χ2n) is 8.18. The Labute approximate surface area is 181 Å². The summed E-state index contributed by atoms with van der Waals surface area (Å²) in [5.74, 6) is 0.990. The Morgan fingerprint density at radius 2 is 1.93 bits per heavy atom. The van der Waals surface area contributed by atoms with Crippen LogP contribution < -0.4 is 9.47 Å². The zero-order valence-corrected chi connectivity index (χ0v) is 18.7. The Hall–Kier alpha value is -2.54. The fourth-order valence-electron chi connectivity index (χ4n) is 4.72. The monoisotopic (exact) mass is 428 g/mol. The van der Waals surface area contributed by atoms with Crippen molar-refractivity contribution < 1.29 is 19.1 Å². The lowest BCUT2D eigenvalue weighted by atomic mass is 9.80. The summed E-state index contributed by atoms with van der Waals surface area (Å²) in [7, 11) is 4.90. The lowest BCUT2D eigenvalue weighted by Crippen LogP contribution is -2.48. The predicted octanol–water partition coefficient (Wildman–Crippen LogP) is 3.93. The zero-order valence-electron chi connectivity index (χ0n) is 17.9. The molecule has 0 spiro atoms. The van der Waals surface area contributed by atoms with Crippen molar-refractivity contribution in [3.05, 3.63) is 45.6 Å². The Morgan fingerprint density at radius 1 is 1.20 bits per heavy atom. The van der Waals surface area contributed by atoms with Gasteiger partial charge in [-0.1, -0.05) is 13.0 Å². The quantitative estimate of drug-likeness (QED) is 0.740. The Morgan fingerprint density at radius 3 is 2.57 bits per heavy atom. The lowest BCUT2D eigenvalue weighted by molar-refractivity contribution is -0.136. The SMILES string of the molecule is COc1cc2c(cc1OC)[C@H](C(=O)N1CCC[C@@H](C)C1)[C@H](c1cccs1)N(C)C2=O. The van der Waals surface area contributed by atoms with E-state index in [-0.39, 0.29) is 17.9 Å². The second kappa shape index (κ2) is 8.30. The zero-order chi connectivity index (χ0) is 21.4. The number of amides is 2. The third kappa shape index (κ3) is 3.45. The number of likely N-dealkylation sites (tertiary alicyclic amines) is 1. The highest BCUT2D eigenvalue weighted by Gasteiger charge is 2.45. The number of carbonyl (C=O) groups excluding carboxylic acids is 2. The van der Waals surface area contributed by atoms with Gasteiger partial charge in [0, 0.05) is 30.6 Å². The van der Waals surface area contributed by atoms with Crippen molar-refractivity contribution in [2.75, 3.05) is 34.4 Å². The number of hydrogen-bond donors (Lipinski definition) is 0. The van der Waals surface area contributed by atoms with E-state index in [1.54, 1.807) is 43.6 Å². The molecule has 2 aliphatic rings. The van der Waals surface area contributed by atoms with Gasteiger partial charge in [0.2, 0.25) is 5.91 Å². The van der Waals surface area contributed by atoms with Crippen molar-refractivity contribution in [2.24, 2.45) is 5.92 Å². The molecule has 3 heterocycles. The normalized spacial score (nSPS) is 23.9. The number of carbonyl (C=O) groups is 2. The van der Waals surface area contributed by atoms with Gasteiger partial charge in [-0.3, -0.25) is 9.59 Å². The Kier molecular flexibility index (Phi) is 5.73. The number of methoxy groups -OCH3 is 2. The molecule has 2 amide bonds. The largest absolute Gasteiger partial charge is 0.493 e. The van der Waals surface area contributed by atoms with E-state index in [4.69, 9.17) is 9.47 Å². The van der Waals surface area contributed by atoms with Crippen LogP contribution in [0.5, 0.6) is 11.5 Å². The number of benzene rings is 1. The number of rotatable bonds is 4. The molecule has 3 atom stereocenters. The number of hydrogen-bond acceptors (Lipinski definition) is 5. The minimum atomic E-state index is -0.480. The van der Waals surface area contributed by atoms with Crippen LogP contribution in [0.1, 0.15) is 52.5 Å². The van der Waals surface area contributed by atoms with Crippen LogP contribution >= 0.6 is 11.3 Å². The van der Waals surface area contributed by atoms with E-state index >= 15 is 0 Å². The fourth-order valence-corrected chi connectivity index (χ4v) is 5.62. The maximum atomic E-state index is 13.9. The molecule has 160 valence electrons. The highest BCUT2D eigenvalue weighted by atomic mass is 32.1. The van der Waals surface area contributed by atoms with Crippen molar-refractivity contribution >= 4 is 23.2 Å². The van der Waals surface area contributed by atoms with E-state index in [1.807, 2.05) is 28.5 Å². The maximum absolute atomic E-state index is 13.9. The van der Waals surface area contributed by atoms with E-state index in [2.05, 4.69) is 6.92 Å². The van der Waals surface area contributed by atoms with Gasteiger partial charge in [-0.2, -0.15) is 0 Å². The number of nitrogens with zero attached hydrogens (tertiary/aromatic N) is 2. The number of fused-ring (bicyclic) bond motifs is 1. The predicted molar refractivity (Wildman–Crippen MR) is 116 cm³/mol. The van der Waals surface area contributed by atoms with Gasteiger partial charge in [0.25, 0.3) is 5.91 Å². The third-order valence-corrected chi connectivity index (χ3v) is 7.19. The maximum Gasteiger partial charge on any atom is 0.254 e. The number of piperidine rings is 1. The van der Waals surface area contributed by atoms with Gasteiger partial charge >= 0.3 is 0 Å². The van der Waals surface area contributed by atoms with Crippen LogP contribution in [-0.2, 0) is 4.79 Å². The van der Waals surface area contributed by atoms with Crippen LogP contribution in [0.15, 0.2) is 29.6 Å². The molecular weight excluding hydrogens is 400 g/mol. The molecule has 1 fully saturated rings. The first-order chi connectivity index (χ1) is 14.5. The van der Waals surface area contributed by atoms with E-state index < -0.39 is 5.92 Å². The first kappa shape index (κ1) is 20.7. The molecule has 1 aromatic carbocycles. The summed E-state index contributed by atoms with van der Waals surface area (Å²) in [6.07, 6.45) is 2.15. The molecule has 2 aliphatic heterocycles. The first-order valence-corrected chi connectivity index (χ1v) is 11.2. The van der Waals surface area contributed by atoms with Gasteiger partial charge < -0.3 is 19.3 Å². The highest BCUT2D eigenvalue weighted by Crippen LogP contribution is 2.47. The van der Waals surface area contributed by atoms with Gasteiger partial charge in [-0.15, -0.1) is 11.3 Å². The molecule has 0 radical (unpaired) electrons. The smallest absolute Gasteiger partial charge is 0.254 e. The van der Waals surface area contributed by atoms with E-state index in [0.717, 1.165) is 36.4 Å². The summed E-state index contributed by atoms with van der Waals surface area (Å²) in [5.41, 5.74) is 1.23. The van der Waals surface area contributed by atoms with Crippen LogP contribution in [0.4, 0.5) is 0 Å². The van der Waals surface area contributed by atoms with E-state index in [1.165, 1.54) is 0 Å². The molecule has 0 unspecified atom stereocenters. The fraction of sp³-hybridized carbons (Fsp3) is 0.478. The third-order valence-electron chi connectivity index (χ3n) is 6.24. The molecule has 0 saturated carbocycles. The Bertz CT molecular complexity index is 943. The van der Waals surface area contributed by atoms with Crippen molar-refractivity contribution in [1.82, 2.24) is 9.80 Å². The average Bonchev–Trinajstić information content (AvgIpc) is 3.29. The van der Waals surface area contributed by atoms with Gasteiger partial charge in [0.15, 0.2) is 11.5 Å². The second-order valence-corrected chi connectivity index (χ2v) is 9.16. The molecule has 2 aromatic rings. The number of thiophene rings is 1. The lowest BCUT2D eigenvalue weighted by Gasteiger charge is -2.42. The summed E-state index contributed by atoms with van der Waals surface area (Å²) in [6, 6.07) is 7.15. The molecule has 1 aromatic heterocycles. The molecule has 0 N–H and O–H groups in total. The van der Waals surface area contributed by atoms with Crippen LogP contribution in [-0.4, -0.2) is 56.0 Å². The molecule has 0 aliphatic carbocycles. The summed E-state index contributed by atoms with van der Waals surface area (Å²) in [4.78, 5) is 31.9. The number of likely N-dealkylation sites (N-methyl/N-ethyl adjacent to an activating group) is 1. The summed E-state index contributed by atoms with van der Waals surface area (Å²) in [5, 5.41) is 1.99. The minimum Gasteiger partial charge on any atom is -0.493 e. The van der Waals surface area contributed by atoms with Crippen LogP contribution in [0.25, 0.3) is 0 Å². The van der Waals surface area contributed by atoms with Gasteiger partial charge in [-0.05, 0) is 47.9 Å². The van der Waals surface area contributed by atoms with Crippen molar-refractivity contribution in [1.29, 1.82) is 0 Å². The highest BCUT2D eigenvalue weighted by molar-refractivity contribution is 7.10. The summed E-state index contributed by atoms with van der Waals surface area (Å²) in [6.45, 7) is 3.71. The first-order valence-electron chi connectivity index (χ1n) is 10.3. The molecule has 7 heteroatoms. The van der Waals surface area contributed by atoms with Gasteiger partial charge in [0.05, 0.1) is 26.2 Å². The van der Waals surface area contributed by atoms with Crippen LogP contribution in [0, 0.1) is 5.92 Å². The standard InChI is InChI=1S/C23H28N2O4S/c1-14-7-5-9-25(13-14)23(27)20-15-11-17(28-3)18(29-4)12-16(15)22(26)24(2)21(20)19-8-6-10-30-19/h6,8,10-12,14,20-21H,5,7,9,13H2,1-4H3/t14-,20+,21+/m1/s1. The molecular formula is C23H28N2O4S.